The van der Waals surface area contributed by atoms with Crippen LogP contribution in [0.5, 0.6) is 0 Å². The van der Waals surface area contributed by atoms with E-state index in [9.17, 15) is 4.79 Å². The van der Waals surface area contributed by atoms with Gasteiger partial charge in [0.05, 0.1) is 22.6 Å². The monoisotopic (exact) mass is 346 g/mol. The van der Waals surface area contributed by atoms with Crippen LogP contribution in [-0.2, 0) is 19.0 Å². The van der Waals surface area contributed by atoms with E-state index in [1.807, 2.05) is 0 Å². The van der Waals surface area contributed by atoms with Crippen molar-refractivity contribution in [1.82, 2.24) is 0 Å². The number of esters is 1. The Labute approximate surface area is 129 Å². The smallest absolute Gasteiger partial charge is 0.311 e. The number of carbonyl (C=O) groups excluding carboxylic acids is 1. The number of halogens is 4. The van der Waals surface area contributed by atoms with Gasteiger partial charge >= 0.3 is 5.97 Å². The highest BCUT2D eigenvalue weighted by atomic mass is 35.5. The summed E-state index contributed by atoms with van der Waals surface area (Å²) in [5, 5.41) is 0.226. The lowest BCUT2D eigenvalue weighted by Gasteiger charge is -2.41. The van der Waals surface area contributed by atoms with Crippen molar-refractivity contribution in [2.24, 2.45) is 11.8 Å². The molecule has 4 atom stereocenters. The fraction of sp³-hybridized carbons (Fsp3) is 0.727. The molecule has 0 spiro atoms. The van der Waals surface area contributed by atoms with E-state index in [-0.39, 0.29) is 16.7 Å². The van der Waals surface area contributed by atoms with Gasteiger partial charge in [0, 0.05) is 20.1 Å². The Morgan fingerprint density at radius 2 is 1.68 bits per heavy atom. The molecule has 8 heteroatoms. The number of cyclic esters (lactones) is 1. The zero-order valence-electron chi connectivity index (χ0n) is 10.0. The van der Waals surface area contributed by atoms with Gasteiger partial charge in [-0.1, -0.05) is 23.2 Å². The summed E-state index contributed by atoms with van der Waals surface area (Å²) in [4.78, 5) is 9.15. The van der Waals surface area contributed by atoms with Gasteiger partial charge in [-0.2, -0.15) is 0 Å². The fourth-order valence-corrected chi connectivity index (χ4v) is 5.78. The standard InChI is InChI=1S/C11H10Cl4O4/c1-17-11(18-2)9(14)4-3-19-8(16)5(4)10(11,15)7(13)6(9)12/h4-5H,3H2,1-2H3/t4-,5-,9-,10+/m0/s1. The lowest BCUT2D eigenvalue weighted by molar-refractivity contribution is -0.223. The highest BCUT2D eigenvalue weighted by Crippen LogP contribution is 2.74. The van der Waals surface area contributed by atoms with E-state index >= 15 is 0 Å². The van der Waals surface area contributed by atoms with Crippen LogP contribution in [0.4, 0.5) is 0 Å². The summed E-state index contributed by atoms with van der Waals surface area (Å²) in [5.41, 5.74) is 0. The van der Waals surface area contributed by atoms with Crippen molar-refractivity contribution in [2.75, 3.05) is 20.8 Å². The number of hydrogen-bond acceptors (Lipinski definition) is 4. The maximum atomic E-state index is 12.0. The van der Waals surface area contributed by atoms with Crippen LogP contribution in [0.3, 0.4) is 0 Å². The number of carbonyl (C=O) groups is 1. The summed E-state index contributed by atoms with van der Waals surface area (Å²) < 4.78 is 16.0. The van der Waals surface area contributed by atoms with E-state index in [2.05, 4.69) is 0 Å². The summed E-state index contributed by atoms with van der Waals surface area (Å²) in [6.45, 7) is 0.107. The molecule has 0 aromatic heterocycles. The van der Waals surface area contributed by atoms with Crippen molar-refractivity contribution in [1.29, 1.82) is 0 Å². The third-order valence-electron chi connectivity index (χ3n) is 4.37. The molecule has 1 saturated heterocycles. The Balaban J connectivity index is 2.33. The first-order chi connectivity index (χ1) is 8.82. The van der Waals surface area contributed by atoms with Crippen LogP contribution in [0.15, 0.2) is 10.1 Å². The molecular weight excluding hydrogens is 338 g/mol. The molecule has 19 heavy (non-hydrogen) atoms. The number of ether oxygens (including phenoxy) is 3. The second kappa shape index (κ2) is 3.93. The molecule has 0 amide bonds. The second-order valence-electron chi connectivity index (χ2n) is 4.79. The van der Waals surface area contributed by atoms with Crippen LogP contribution < -0.4 is 0 Å². The predicted octanol–water partition coefficient (Wildman–Crippen LogP) is 2.44. The van der Waals surface area contributed by atoms with Crippen molar-refractivity contribution in [2.45, 2.75) is 15.5 Å². The van der Waals surface area contributed by atoms with Gasteiger partial charge in [0.2, 0.25) is 5.79 Å². The Bertz CT molecular complexity index is 503. The Morgan fingerprint density at radius 3 is 2.21 bits per heavy atom. The fourth-order valence-electron chi connectivity index (χ4n) is 3.60. The van der Waals surface area contributed by atoms with Crippen molar-refractivity contribution in [3.05, 3.63) is 10.1 Å². The first-order valence-corrected chi connectivity index (χ1v) is 7.05. The lowest BCUT2D eigenvalue weighted by Crippen LogP contribution is -2.58. The van der Waals surface area contributed by atoms with Gasteiger partial charge in [0.25, 0.3) is 0 Å². The van der Waals surface area contributed by atoms with E-state index in [1.54, 1.807) is 0 Å². The zero-order chi connectivity index (χ0) is 14.2. The molecule has 2 bridgehead atoms. The van der Waals surface area contributed by atoms with Gasteiger partial charge < -0.3 is 14.2 Å². The zero-order valence-corrected chi connectivity index (χ0v) is 13.0. The maximum Gasteiger partial charge on any atom is 0.311 e. The number of hydrogen-bond donors (Lipinski definition) is 0. The quantitative estimate of drug-likeness (QED) is 0.437. The first-order valence-electron chi connectivity index (χ1n) is 5.54. The summed E-state index contributed by atoms with van der Waals surface area (Å²) >= 11 is 25.8. The van der Waals surface area contributed by atoms with Crippen LogP contribution in [-0.4, -0.2) is 42.3 Å². The molecular formula is C11H10Cl4O4. The van der Waals surface area contributed by atoms with E-state index in [4.69, 9.17) is 60.6 Å². The molecule has 1 heterocycles. The molecule has 1 saturated carbocycles. The topological polar surface area (TPSA) is 44.8 Å². The number of fused-ring (bicyclic) bond motifs is 5. The van der Waals surface area contributed by atoms with E-state index in [0.29, 0.717) is 0 Å². The average molecular weight is 348 g/mol. The van der Waals surface area contributed by atoms with Gasteiger partial charge in [-0.05, 0) is 0 Å². The van der Waals surface area contributed by atoms with Gasteiger partial charge in [-0.3, -0.25) is 4.79 Å². The first kappa shape index (κ1) is 14.2. The van der Waals surface area contributed by atoms with E-state index in [1.165, 1.54) is 14.2 Å². The molecule has 106 valence electrons. The highest BCUT2D eigenvalue weighted by Gasteiger charge is 2.87. The van der Waals surface area contributed by atoms with Crippen molar-refractivity contribution >= 4 is 52.4 Å². The minimum atomic E-state index is -1.51. The molecule has 3 rings (SSSR count). The average Bonchev–Trinajstić information content (AvgIpc) is 2.90. The van der Waals surface area contributed by atoms with Crippen LogP contribution in [0.2, 0.25) is 0 Å². The van der Waals surface area contributed by atoms with Gasteiger partial charge in [0.1, 0.15) is 4.87 Å². The molecule has 2 fully saturated rings. The van der Waals surface area contributed by atoms with Crippen molar-refractivity contribution in [3.63, 3.8) is 0 Å². The van der Waals surface area contributed by atoms with Crippen LogP contribution in [0.25, 0.3) is 0 Å². The van der Waals surface area contributed by atoms with Gasteiger partial charge in [0.15, 0.2) is 4.87 Å². The molecule has 0 unspecified atom stereocenters. The number of rotatable bonds is 2. The minimum Gasteiger partial charge on any atom is -0.465 e. The molecule has 0 radical (unpaired) electrons. The number of methoxy groups -OCH3 is 2. The van der Waals surface area contributed by atoms with Crippen molar-refractivity contribution in [3.8, 4) is 0 Å². The second-order valence-corrected chi connectivity index (χ2v) is 6.74. The third-order valence-corrected chi connectivity index (χ3v) is 7.02. The van der Waals surface area contributed by atoms with E-state index in [0.717, 1.165) is 0 Å². The molecule has 0 aromatic rings. The molecule has 0 N–H and O–H groups in total. The Morgan fingerprint density at radius 1 is 1.16 bits per heavy atom. The van der Waals surface area contributed by atoms with Gasteiger partial charge in [-0.25, -0.2) is 0 Å². The summed E-state index contributed by atoms with van der Waals surface area (Å²) in [6, 6.07) is 0. The summed E-state index contributed by atoms with van der Waals surface area (Å²) in [5.74, 6) is -3.18. The predicted molar refractivity (Wildman–Crippen MR) is 70.6 cm³/mol. The molecule has 4 nitrogen and oxygen atoms in total. The Hall–Kier alpha value is 0.290. The molecule has 1 aliphatic heterocycles. The summed E-state index contributed by atoms with van der Waals surface area (Å²) in [6.07, 6.45) is 0. The van der Waals surface area contributed by atoms with Crippen LogP contribution >= 0.6 is 46.4 Å². The summed E-state index contributed by atoms with van der Waals surface area (Å²) in [7, 11) is 2.79. The Kier molecular flexibility index (Phi) is 2.95. The molecule has 0 aromatic carbocycles. The molecule has 3 aliphatic rings. The molecule has 2 aliphatic carbocycles. The van der Waals surface area contributed by atoms with Gasteiger partial charge in [-0.15, -0.1) is 23.2 Å². The lowest BCUT2D eigenvalue weighted by atomic mass is 9.84. The highest BCUT2D eigenvalue weighted by molar-refractivity contribution is 6.52. The minimum absolute atomic E-state index is 0.0784. The normalized spacial score (nSPS) is 46.7. The third kappa shape index (κ3) is 1.14. The van der Waals surface area contributed by atoms with Crippen LogP contribution in [0.1, 0.15) is 0 Å². The number of alkyl halides is 2. The van der Waals surface area contributed by atoms with Crippen LogP contribution in [0, 0.1) is 11.8 Å². The van der Waals surface area contributed by atoms with E-state index < -0.39 is 33.3 Å². The largest absolute Gasteiger partial charge is 0.465 e. The SMILES string of the molecule is COC1(OC)[C@@]2(Cl)C(Cl)=C(Cl)[C@]1(Cl)[C@@H]1C(=O)OC[C@@H]12. The van der Waals surface area contributed by atoms with Crippen molar-refractivity contribution < 1.29 is 19.0 Å². The maximum absolute atomic E-state index is 12.0.